The van der Waals surface area contributed by atoms with E-state index in [0.717, 1.165) is 9.37 Å². The minimum Gasteiger partial charge on any atom is -0.480 e. The molecule has 0 aromatic heterocycles. The highest BCUT2D eigenvalue weighted by Crippen LogP contribution is 2.28. The molecule has 112 valence electrons. The van der Waals surface area contributed by atoms with E-state index in [1.807, 2.05) is 0 Å². The maximum atomic E-state index is 12.6. The molecule has 0 radical (unpaired) electrons. The lowest BCUT2D eigenvalue weighted by molar-refractivity contribution is -0.158. The molecule has 7 heteroatoms. The van der Waals surface area contributed by atoms with Crippen LogP contribution in [-0.4, -0.2) is 35.2 Å². The summed E-state index contributed by atoms with van der Waals surface area (Å²) in [6.45, 7) is -0.153. The summed E-state index contributed by atoms with van der Waals surface area (Å²) in [5.74, 6) is -1.27. The number of carbonyl (C=O) groups is 1. The van der Waals surface area contributed by atoms with Crippen molar-refractivity contribution in [3.63, 3.8) is 0 Å². The van der Waals surface area contributed by atoms with E-state index in [4.69, 9.17) is 5.11 Å². The van der Waals surface area contributed by atoms with Crippen LogP contribution in [0.2, 0.25) is 0 Å². The van der Waals surface area contributed by atoms with Gasteiger partial charge in [0.1, 0.15) is 0 Å². The van der Waals surface area contributed by atoms with Crippen LogP contribution in [0.5, 0.6) is 0 Å². The van der Waals surface area contributed by atoms with Crippen LogP contribution in [0, 0.1) is 0 Å². The third kappa shape index (κ3) is 5.50. The smallest absolute Gasteiger partial charge is 0.401 e. The molecule has 1 aromatic rings. The van der Waals surface area contributed by atoms with E-state index < -0.39 is 31.3 Å². The summed E-state index contributed by atoms with van der Waals surface area (Å²) in [6, 6.07) is 6.27. The van der Waals surface area contributed by atoms with Gasteiger partial charge in [-0.1, -0.05) is 35.0 Å². The molecule has 1 atom stereocenters. The van der Waals surface area contributed by atoms with Gasteiger partial charge in [0.2, 0.25) is 0 Å². The van der Waals surface area contributed by atoms with Crippen LogP contribution < -0.4 is 0 Å². The Bertz CT molecular complexity index is 448. The Labute approximate surface area is 123 Å². The van der Waals surface area contributed by atoms with E-state index >= 15 is 0 Å². The molecule has 1 unspecified atom stereocenters. The molecule has 0 heterocycles. The fourth-order valence-corrected chi connectivity index (χ4v) is 2.33. The van der Waals surface area contributed by atoms with Gasteiger partial charge >= 0.3 is 12.1 Å². The number of nitrogens with zero attached hydrogens (tertiary/aromatic N) is 1. The Balaban J connectivity index is 3.00. The second kappa shape index (κ2) is 7.08. The fraction of sp³-hybridized carbons (Fsp3) is 0.462. The third-order valence-electron chi connectivity index (χ3n) is 2.80. The molecule has 20 heavy (non-hydrogen) atoms. The van der Waals surface area contributed by atoms with Crippen LogP contribution >= 0.6 is 15.9 Å². The van der Waals surface area contributed by atoms with Gasteiger partial charge in [-0.05, 0) is 24.1 Å². The normalized spacial score (nSPS) is 13.5. The van der Waals surface area contributed by atoms with Crippen molar-refractivity contribution in [2.24, 2.45) is 0 Å². The SMILES string of the molecule is CCC(c1ccc(Br)cc1)N(CC(=O)O)CC(F)(F)F. The van der Waals surface area contributed by atoms with Crippen molar-refractivity contribution >= 4 is 21.9 Å². The number of alkyl halides is 3. The highest BCUT2D eigenvalue weighted by atomic mass is 79.9. The van der Waals surface area contributed by atoms with E-state index in [0.29, 0.717) is 12.0 Å². The Hall–Kier alpha value is -1.08. The van der Waals surface area contributed by atoms with Crippen molar-refractivity contribution in [2.75, 3.05) is 13.1 Å². The predicted octanol–water partition coefficient (Wildman–Crippen LogP) is 3.85. The second-order valence-corrected chi connectivity index (χ2v) is 5.31. The molecule has 1 rings (SSSR count). The first-order chi connectivity index (χ1) is 9.23. The molecule has 0 fully saturated rings. The molecule has 3 nitrogen and oxygen atoms in total. The monoisotopic (exact) mass is 353 g/mol. The third-order valence-corrected chi connectivity index (χ3v) is 3.33. The average Bonchev–Trinajstić information content (AvgIpc) is 2.29. The molecule has 0 aliphatic carbocycles. The van der Waals surface area contributed by atoms with Crippen molar-refractivity contribution in [1.29, 1.82) is 0 Å². The Morgan fingerprint density at radius 1 is 1.35 bits per heavy atom. The number of carboxylic acid groups (broad SMARTS) is 1. The first kappa shape index (κ1) is 17.0. The maximum absolute atomic E-state index is 12.6. The van der Waals surface area contributed by atoms with Crippen LogP contribution in [0.3, 0.4) is 0 Å². The summed E-state index contributed by atoms with van der Waals surface area (Å²) in [6.07, 6.45) is -4.04. The fourth-order valence-electron chi connectivity index (χ4n) is 2.07. The van der Waals surface area contributed by atoms with Crippen LogP contribution in [0.15, 0.2) is 28.7 Å². The van der Waals surface area contributed by atoms with Gasteiger partial charge in [-0.2, -0.15) is 13.2 Å². The number of benzene rings is 1. The first-order valence-electron chi connectivity index (χ1n) is 6.01. The molecule has 0 saturated carbocycles. The Kier molecular flexibility index (Phi) is 6.01. The average molecular weight is 354 g/mol. The van der Waals surface area contributed by atoms with Gasteiger partial charge in [-0.25, -0.2) is 0 Å². The number of hydrogen-bond acceptors (Lipinski definition) is 2. The van der Waals surface area contributed by atoms with Crippen molar-refractivity contribution in [3.05, 3.63) is 34.3 Å². The lowest BCUT2D eigenvalue weighted by atomic mass is 10.0. The van der Waals surface area contributed by atoms with Gasteiger partial charge in [0.25, 0.3) is 0 Å². The standard InChI is InChI=1S/C13H15BrF3NO2/c1-2-11(9-3-5-10(14)6-4-9)18(7-12(19)20)8-13(15,16)17/h3-6,11H,2,7-8H2,1H3,(H,19,20). The maximum Gasteiger partial charge on any atom is 0.401 e. The van der Waals surface area contributed by atoms with Gasteiger partial charge < -0.3 is 5.11 Å². The quantitative estimate of drug-likeness (QED) is 0.844. The molecular formula is C13H15BrF3NO2. The first-order valence-corrected chi connectivity index (χ1v) is 6.80. The van der Waals surface area contributed by atoms with Crippen molar-refractivity contribution in [2.45, 2.75) is 25.6 Å². The van der Waals surface area contributed by atoms with Crippen molar-refractivity contribution in [1.82, 2.24) is 4.90 Å². The molecule has 0 aliphatic rings. The van der Waals surface area contributed by atoms with E-state index in [9.17, 15) is 18.0 Å². The van der Waals surface area contributed by atoms with Crippen LogP contribution in [0.25, 0.3) is 0 Å². The summed E-state index contributed by atoms with van der Waals surface area (Å²) in [5.41, 5.74) is 0.668. The zero-order chi connectivity index (χ0) is 15.3. The molecule has 1 N–H and O–H groups in total. The molecule has 0 saturated heterocycles. The van der Waals surface area contributed by atoms with Crippen LogP contribution in [0.1, 0.15) is 24.9 Å². The number of rotatable bonds is 6. The second-order valence-electron chi connectivity index (χ2n) is 4.39. The van der Waals surface area contributed by atoms with E-state index in [1.165, 1.54) is 0 Å². The molecule has 1 aromatic carbocycles. The van der Waals surface area contributed by atoms with Crippen LogP contribution in [-0.2, 0) is 4.79 Å². The van der Waals surface area contributed by atoms with E-state index in [-0.39, 0.29) is 0 Å². The van der Waals surface area contributed by atoms with E-state index in [1.54, 1.807) is 31.2 Å². The van der Waals surface area contributed by atoms with Gasteiger partial charge in [-0.15, -0.1) is 0 Å². The topological polar surface area (TPSA) is 40.5 Å². The zero-order valence-electron chi connectivity index (χ0n) is 10.8. The molecular weight excluding hydrogens is 339 g/mol. The summed E-state index contributed by atoms with van der Waals surface area (Å²) in [7, 11) is 0. The van der Waals surface area contributed by atoms with Gasteiger partial charge in [-0.3, -0.25) is 9.69 Å². The van der Waals surface area contributed by atoms with E-state index in [2.05, 4.69) is 15.9 Å². The van der Waals surface area contributed by atoms with Crippen molar-refractivity contribution < 1.29 is 23.1 Å². The summed E-state index contributed by atoms with van der Waals surface area (Å²) in [4.78, 5) is 11.7. The minimum absolute atomic E-state index is 0.394. The van der Waals surface area contributed by atoms with Gasteiger partial charge in [0, 0.05) is 10.5 Å². The molecule has 0 amide bonds. The summed E-state index contributed by atoms with van der Waals surface area (Å²) < 4.78 is 38.6. The number of hydrogen-bond donors (Lipinski definition) is 1. The zero-order valence-corrected chi connectivity index (χ0v) is 12.4. The highest BCUT2D eigenvalue weighted by molar-refractivity contribution is 9.10. The summed E-state index contributed by atoms with van der Waals surface area (Å²) in [5, 5.41) is 8.80. The highest BCUT2D eigenvalue weighted by Gasteiger charge is 2.34. The minimum atomic E-state index is -4.43. The van der Waals surface area contributed by atoms with Gasteiger partial charge in [0.15, 0.2) is 0 Å². The lowest BCUT2D eigenvalue weighted by Gasteiger charge is -2.30. The lowest BCUT2D eigenvalue weighted by Crippen LogP contribution is -2.40. The Morgan fingerprint density at radius 2 is 1.90 bits per heavy atom. The van der Waals surface area contributed by atoms with Gasteiger partial charge in [0.05, 0.1) is 13.1 Å². The Morgan fingerprint density at radius 3 is 2.30 bits per heavy atom. The van der Waals surface area contributed by atoms with Crippen molar-refractivity contribution in [3.8, 4) is 0 Å². The number of aliphatic carboxylic acids is 1. The molecule has 0 spiro atoms. The summed E-state index contributed by atoms with van der Waals surface area (Å²) >= 11 is 3.25. The number of halogens is 4. The number of carboxylic acids is 1. The van der Waals surface area contributed by atoms with Crippen LogP contribution in [0.4, 0.5) is 13.2 Å². The molecule has 0 aliphatic heterocycles. The predicted molar refractivity (Wildman–Crippen MR) is 72.4 cm³/mol. The largest absolute Gasteiger partial charge is 0.480 e. The molecule has 0 bridgehead atoms.